The van der Waals surface area contributed by atoms with Crippen molar-refractivity contribution >= 4 is 17.7 Å². The molecule has 1 atom stereocenters. The van der Waals surface area contributed by atoms with E-state index >= 15 is 0 Å². The molecule has 1 saturated heterocycles. The van der Waals surface area contributed by atoms with Crippen LogP contribution in [-0.2, 0) is 4.79 Å². The maximum absolute atomic E-state index is 13.6. The van der Waals surface area contributed by atoms with Crippen molar-refractivity contribution in [3.05, 3.63) is 53.9 Å². The summed E-state index contributed by atoms with van der Waals surface area (Å²) in [6, 6.07) is 5.19. The summed E-state index contributed by atoms with van der Waals surface area (Å²) in [5.74, 6) is -0.423. The predicted octanol–water partition coefficient (Wildman–Crippen LogP) is 4.26. The van der Waals surface area contributed by atoms with Crippen molar-refractivity contribution in [1.29, 1.82) is 0 Å². The molecule has 1 amide bonds. The number of carbonyl (C=O) groups is 1. The molecule has 24 heavy (non-hydrogen) atoms. The van der Waals surface area contributed by atoms with Gasteiger partial charge in [-0.25, -0.2) is 8.78 Å². The normalized spacial score (nSPS) is 17.8. The van der Waals surface area contributed by atoms with Gasteiger partial charge in [-0.15, -0.1) is 11.8 Å². The number of thioether (sulfide) groups is 1. The Labute approximate surface area is 144 Å². The Kier molecular flexibility index (Phi) is 4.85. The van der Waals surface area contributed by atoms with Crippen LogP contribution in [0, 0.1) is 17.6 Å². The van der Waals surface area contributed by atoms with E-state index in [1.54, 1.807) is 18.5 Å². The molecule has 3 nitrogen and oxygen atoms in total. The van der Waals surface area contributed by atoms with Crippen molar-refractivity contribution in [3.63, 3.8) is 0 Å². The number of carbonyl (C=O) groups excluding carboxylic acids is 1. The van der Waals surface area contributed by atoms with Crippen molar-refractivity contribution in [2.24, 2.45) is 5.92 Å². The Morgan fingerprint density at radius 2 is 2.00 bits per heavy atom. The van der Waals surface area contributed by atoms with Crippen LogP contribution in [0.1, 0.15) is 24.8 Å². The van der Waals surface area contributed by atoms with Crippen LogP contribution in [0.4, 0.5) is 8.78 Å². The first-order chi connectivity index (χ1) is 11.5. The van der Waals surface area contributed by atoms with Crippen molar-refractivity contribution < 1.29 is 13.6 Å². The van der Waals surface area contributed by atoms with Crippen molar-refractivity contribution in [2.45, 2.75) is 19.2 Å². The lowest BCUT2D eigenvalue weighted by Gasteiger charge is -2.27. The SMILES string of the molecule is CC(C)CN1C(=O)CSC1c1cnccc1-c1cc(F)cc(F)c1. The summed E-state index contributed by atoms with van der Waals surface area (Å²) in [6.07, 6.45) is 3.28. The van der Waals surface area contributed by atoms with Gasteiger partial charge in [0.25, 0.3) is 0 Å². The quantitative estimate of drug-likeness (QED) is 0.828. The van der Waals surface area contributed by atoms with Crippen molar-refractivity contribution in [2.75, 3.05) is 12.3 Å². The van der Waals surface area contributed by atoms with Gasteiger partial charge in [0.2, 0.25) is 5.91 Å². The number of benzene rings is 1. The zero-order valence-corrected chi connectivity index (χ0v) is 14.3. The highest BCUT2D eigenvalue weighted by molar-refractivity contribution is 8.00. The smallest absolute Gasteiger partial charge is 0.233 e. The monoisotopic (exact) mass is 348 g/mol. The fourth-order valence-electron chi connectivity index (χ4n) is 2.88. The zero-order chi connectivity index (χ0) is 17.3. The highest BCUT2D eigenvalue weighted by Gasteiger charge is 2.34. The van der Waals surface area contributed by atoms with Gasteiger partial charge >= 0.3 is 0 Å². The molecule has 1 aliphatic rings. The largest absolute Gasteiger partial charge is 0.325 e. The molecule has 1 aromatic carbocycles. The number of nitrogens with zero attached hydrogens (tertiary/aromatic N) is 2. The molecular formula is C18H18F2N2OS. The fraction of sp³-hybridized carbons (Fsp3) is 0.333. The summed E-state index contributed by atoms with van der Waals surface area (Å²) < 4.78 is 27.2. The molecule has 2 aromatic rings. The molecule has 0 aliphatic carbocycles. The summed E-state index contributed by atoms with van der Waals surface area (Å²) in [5.41, 5.74) is 1.96. The van der Waals surface area contributed by atoms with Crippen molar-refractivity contribution in [1.82, 2.24) is 9.88 Å². The van der Waals surface area contributed by atoms with Gasteiger partial charge in [-0.2, -0.15) is 0 Å². The summed E-state index contributed by atoms with van der Waals surface area (Å²) in [4.78, 5) is 18.2. The van der Waals surface area contributed by atoms with E-state index < -0.39 is 11.6 Å². The van der Waals surface area contributed by atoms with E-state index in [0.717, 1.165) is 11.6 Å². The first kappa shape index (κ1) is 16.9. The lowest BCUT2D eigenvalue weighted by molar-refractivity contribution is -0.128. The Morgan fingerprint density at radius 3 is 2.67 bits per heavy atom. The highest BCUT2D eigenvalue weighted by Crippen LogP contribution is 2.42. The summed E-state index contributed by atoms with van der Waals surface area (Å²) >= 11 is 1.52. The van der Waals surface area contributed by atoms with Gasteiger partial charge in [0.15, 0.2) is 0 Å². The van der Waals surface area contributed by atoms with E-state index in [-0.39, 0.29) is 11.3 Å². The molecule has 2 heterocycles. The van der Waals surface area contributed by atoms with Gasteiger partial charge in [-0.3, -0.25) is 9.78 Å². The molecule has 0 N–H and O–H groups in total. The minimum absolute atomic E-state index is 0.0823. The molecule has 0 bridgehead atoms. The Hall–Kier alpha value is -1.95. The van der Waals surface area contributed by atoms with Gasteiger partial charge < -0.3 is 4.90 Å². The number of amides is 1. The number of aromatic nitrogens is 1. The topological polar surface area (TPSA) is 33.2 Å². The molecule has 0 radical (unpaired) electrons. The van der Waals surface area contributed by atoms with Gasteiger partial charge in [0.05, 0.1) is 5.75 Å². The second kappa shape index (κ2) is 6.89. The van der Waals surface area contributed by atoms with Gasteiger partial charge in [0, 0.05) is 30.6 Å². The molecular weight excluding hydrogens is 330 g/mol. The van der Waals surface area contributed by atoms with Crippen LogP contribution < -0.4 is 0 Å². The maximum atomic E-state index is 13.6. The second-order valence-electron chi connectivity index (χ2n) is 6.22. The van der Waals surface area contributed by atoms with E-state index in [2.05, 4.69) is 18.8 Å². The first-order valence-electron chi connectivity index (χ1n) is 7.77. The van der Waals surface area contributed by atoms with E-state index in [1.165, 1.54) is 23.9 Å². The first-order valence-corrected chi connectivity index (χ1v) is 8.82. The number of hydrogen-bond donors (Lipinski definition) is 0. The Balaban J connectivity index is 2.04. The van der Waals surface area contributed by atoms with E-state index in [0.29, 0.717) is 29.3 Å². The lowest BCUT2D eigenvalue weighted by atomic mass is 10.0. The average molecular weight is 348 g/mol. The number of hydrogen-bond acceptors (Lipinski definition) is 3. The number of rotatable bonds is 4. The number of halogens is 2. The predicted molar refractivity (Wildman–Crippen MR) is 91.3 cm³/mol. The standard InChI is InChI=1S/C18H18F2N2OS/c1-11(2)9-22-17(23)10-24-18(22)16-8-21-4-3-15(16)12-5-13(19)7-14(20)6-12/h3-8,11,18H,9-10H2,1-2H3. The molecule has 0 saturated carbocycles. The summed E-state index contributed by atoms with van der Waals surface area (Å²) in [5, 5.41) is -0.185. The third-order valence-corrected chi connectivity index (χ3v) is 5.06. The average Bonchev–Trinajstić information content (AvgIpc) is 2.87. The van der Waals surface area contributed by atoms with Crippen LogP contribution in [0.3, 0.4) is 0 Å². The third kappa shape index (κ3) is 3.43. The molecule has 1 aromatic heterocycles. The van der Waals surface area contributed by atoms with Crippen LogP contribution >= 0.6 is 11.8 Å². The Morgan fingerprint density at radius 1 is 1.29 bits per heavy atom. The molecule has 1 unspecified atom stereocenters. The lowest BCUT2D eigenvalue weighted by Crippen LogP contribution is -2.31. The van der Waals surface area contributed by atoms with Crippen LogP contribution in [0.2, 0.25) is 0 Å². The third-order valence-electron chi connectivity index (χ3n) is 3.82. The summed E-state index contributed by atoms with van der Waals surface area (Å²) in [6.45, 7) is 4.75. The Bertz CT molecular complexity index is 746. The highest BCUT2D eigenvalue weighted by atomic mass is 32.2. The van der Waals surface area contributed by atoms with Crippen molar-refractivity contribution in [3.8, 4) is 11.1 Å². The second-order valence-corrected chi connectivity index (χ2v) is 7.29. The molecule has 126 valence electrons. The molecule has 1 aliphatic heterocycles. The van der Waals surface area contributed by atoms with Gasteiger partial charge in [-0.05, 0) is 35.2 Å². The zero-order valence-electron chi connectivity index (χ0n) is 13.5. The molecule has 1 fully saturated rings. The minimum atomic E-state index is -0.623. The minimum Gasteiger partial charge on any atom is -0.325 e. The van der Waals surface area contributed by atoms with Gasteiger partial charge in [0.1, 0.15) is 17.0 Å². The maximum Gasteiger partial charge on any atom is 0.233 e. The van der Waals surface area contributed by atoms with Crippen LogP contribution in [0.25, 0.3) is 11.1 Å². The molecule has 6 heteroatoms. The van der Waals surface area contributed by atoms with Crippen LogP contribution in [-0.4, -0.2) is 28.1 Å². The number of pyridine rings is 1. The molecule has 3 rings (SSSR count). The van der Waals surface area contributed by atoms with E-state index in [1.807, 2.05) is 4.90 Å². The molecule has 0 spiro atoms. The van der Waals surface area contributed by atoms with Crippen LogP contribution in [0.5, 0.6) is 0 Å². The van der Waals surface area contributed by atoms with Crippen LogP contribution in [0.15, 0.2) is 36.7 Å². The van der Waals surface area contributed by atoms with E-state index in [4.69, 9.17) is 0 Å². The fourth-order valence-corrected chi connectivity index (χ4v) is 4.10. The van der Waals surface area contributed by atoms with Gasteiger partial charge in [-0.1, -0.05) is 13.8 Å². The summed E-state index contributed by atoms with van der Waals surface area (Å²) in [7, 11) is 0. The van der Waals surface area contributed by atoms with E-state index in [9.17, 15) is 13.6 Å².